The van der Waals surface area contributed by atoms with Crippen LogP contribution in [0.15, 0.2) is 24.5 Å². The topological polar surface area (TPSA) is 22.1 Å². The minimum absolute atomic E-state index is 0.799. The zero-order valence-electron chi connectivity index (χ0n) is 6.13. The molecular weight excluding hydrogens is 374 g/mol. The molecule has 58 valence electrons. The summed E-state index contributed by atoms with van der Waals surface area (Å²) in [6, 6.07) is 3.69. The fraction of sp³-hybridized carbons (Fsp3) is 0.167. The fourth-order valence-corrected chi connectivity index (χ4v) is 0.468. The molecule has 1 aromatic rings. The van der Waals surface area contributed by atoms with Crippen LogP contribution in [-0.2, 0) is 22.1 Å². The summed E-state index contributed by atoms with van der Waals surface area (Å²) in [5.74, 6) is 0.799. The summed E-state index contributed by atoms with van der Waals surface area (Å²) in [7, 11) is 11.6. The molecule has 0 fully saturated rings. The maximum absolute atomic E-state index is 4.99. The molecule has 0 unspecified atom stereocenters. The third kappa shape index (κ3) is 6.85. The predicted octanol–water partition coefficient (Wildman–Crippen LogP) is 2.47. The van der Waals surface area contributed by atoms with Crippen LogP contribution in [0.5, 0.6) is 5.75 Å². The number of aromatic nitrogens is 1. The van der Waals surface area contributed by atoms with Gasteiger partial charge < -0.3 is 4.74 Å². The number of rotatable bonds is 1. The van der Waals surface area contributed by atoms with Crippen LogP contribution >= 0.6 is 16.5 Å². The summed E-state index contributed by atoms with van der Waals surface area (Å²) < 4.78 is 4.85. The molecule has 0 bridgehead atoms. The van der Waals surface area contributed by atoms with Crippen molar-refractivity contribution in [3.8, 4) is 5.75 Å². The van der Waals surface area contributed by atoms with Gasteiger partial charge in [-0.15, -0.1) is 0 Å². The first-order valence-corrected chi connectivity index (χ1v) is 16.4. The van der Waals surface area contributed by atoms with Crippen LogP contribution in [0.1, 0.15) is 0 Å². The second-order valence-electron chi connectivity index (χ2n) is 1.49. The molecule has 0 aliphatic carbocycles. The van der Waals surface area contributed by atoms with Crippen molar-refractivity contribution in [2.24, 2.45) is 0 Å². The van der Waals surface area contributed by atoms with Crippen molar-refractivity contribution in [2.75, 3.05) is 7.11 Å². The van der Waals surface area contributed by atoms with E-state index in [0.29, 0.717) is 0 Å². The van der Waals surface area contributed by atoms with E-state index in [4.69, 9.17) is 21.2 Å². The third-order valence-corrected chi connectivity index (χ3v) is 0.870. The molecule has 0 spiro atoms. The van der Waals surface area contributed by atoms with Gasteiger partial charge in [0.1, 0.15) is 5.75 Å². The predicted molar refractivity (Wildman–Crippen MR) is 42.5 cm³/mol. The Balaban J connectivity index is 0.000000292. The molecule has 0 atom stereocenters. The summed E-state index contributed by atoms with van der Waals surface area (Å²) in [5.41, 5.74) is 0. The number of hydrogen-bond acceptors (Lipinski definition) is 2. The molecule has 1 aromatic heterocycles. The monoisotopic (exact) mass is 381 g/mol. The van der Waals surface area contributed by atoms with Crippen LogP contribution in [0.25, 0.3) is 0 Å². The van der Waals surface area contributed by atoms with Gasteiger partial charge in [-0.25, -0.2) is 0 Å². The number of pyridine rings is 1. The summed E-state index contributed by atoms with van der Waals surface area (Å²) in [6.45, 7) is 0. The van der Waals surface area contributed by atoms with Gasteiger partial charge in [0.05, 0.1) is 13.3 Å². The first kappa shape index (κ1) is 11.5. The first-order chi connectivity index (χ1) is 5.35. The molecule has 1 heterocycles. The van der Waals surface area contributed by atoms with Crippen molar-refractivity contribution in [3.63, 3.8) is 0 Å². The van der Waals surface area contributed by atoms with Gasteiger partial charge in [0.15, 0.2) is 0 Å². The molecule has 0 N–H and O–H groups in total. The van der Waals surface area contributed by atoms with E-state index in [-0.39, 0.29) is 0 Å². The van der Waals surface area contributed by atoms with E-state index in [1.54, 1.807) is 19.5 Å². The fourth-order valence-electron chi connectivity index (χ4n) is 0.468. The maximum atomic E-state index is 4.99. The molecule has 1 rings (SSSR count). The van der Waals surface area contributed by atoms with E-state index in [9.17, 15) is 0 Å². The molecule has 2 nitrogen and oxygen atoms in total. The number of halogens is 2. The molecule has 0 saturated heterocycles. The molecule has 11 heavy (non-hydrogen) atoms. The second kappa shape index (κ2) is 8.56. The Labute approximate surface area is 85.2 Å². The van der Waals surface area contributed by atoms with E-state index < -0.39 is 22.1 Å². The average molecular weight is 381 g/mol. The van der Waals surface area contributed by atoms with Crippen molar-refractivity contribution in [1.29, 1.82) is 0 Å². The van der Waals surface area contributed by atoms with E-state index in [1.807, 2.05) is 12.1 Å². The van der Waals surface area contributed by atoms with Gasteiger partial charge in [-0.05, 0) is 12.1 Å². The van der Waals surface area contributed by atoms with Gasteiger partial charge in [-0.1, -0.05) is 0 Å². The Morgan fingerprint density at radius 1 is 1.55 bits per heavy atom. The zero-order valence-corrected chi connectivity index (χ0v) is 13.1. The second-order valence-corrected chi connectivity index (χ2v) is 9.37. The quantitative estimate of drug-likeness (QED) is 0.698. The first-order valence-electron chi connectivity index (χ1n) is 2.91. The molecule has 0 aliphatic heterocycles. The summed E-state index contributed by atoms with van der Waals surface area (Å²) in [5, 5.41) is 0. The van der Waals surface area contributed by atoms with Gasteiger partial charge in [0, 0.05) is 6.20 Å². The number of nitrogens with zero attached hydrogens (tertiary/aromatic N) is 1. The summed E-state index contributed by atoms with van der Waals surface area (Å²) in [4.78, 5) is 3.83. The summed E-state index contributed by atoms with van der Waals surface area (Å²) >= 11 is -1.14. The Morgan fingerprint density at radius 2 is 2.18 bits per heavy atom. The van der Waals surface area contributed by atoms with Crippen LogP contribution in [0.2, 0.25) is 0 Å². The van der Waals surface area contributed by atoms with E-state index in [1.165, 1.54) is 0 Å². The van der Waals surface area contributed by atoms with Crippen molar-refractivity contribution >= 4 is 16.5 Å². The van der Waals surface area contributed by atoms with Crippen LogP contribution < -0.4 is 4.74 Å². The Hall–Kier alpha value is 0.465. The van der Waals surface area contributed by atoms with Crippen LogP contribution in [-0.4, -0.2) is 12.1 Å². The third-order valence-electron chi connectivity index (χ3n) is 0.870. The number of ether oxygens (including phenoxy) is 1. The number of hydrogen-bond donors (Lipinski definition) is 0. The molecule has 0 saturated carbocycles. The standard InChI is InChI=1S/C6H7NO.2ClH.Hg/c1-8-6-3-2-4-7-5-6;;;/h2-5H,1H3;2*1H;/q;;;+2/p-2. The number of methoxy groups -OCH3 is 1. The van der Waals surface area contributed by atoms with Crippen LogP contribution in [0.4, 0.5) is 0 Å². The normalized spacial score (nSPS) is 7.18. The van der Waals surface area contributed by atoms with Crippen molar-refractivity contribution in [1.82, 2.24) is 4.98 Å². The molecule has 0 radical (unpaired) electrons. The molecule has 0 amide bonds. The Bertz CT molecular complexity index is 173. The van der Waals surface area contributed by atoms with E-state index in [2.05, 4.69) is 4.98 Å². The molecular formula is C6H7Cl2HgNO. The van der Waals surface area contributed by atoms with Crippen LogP contribution in [0.3, 0.4) is 0 Å². The molecule has 0 aliphatic rings. The van der Waals surface area contributed by atoms with Gasteiger partial charge in [0.2, 0.25) is 0 Å². The average Bonchev–Trinajstić information content (AvgIpc) is 2.08. The van der Waals surface area contributed by atoms with Gasteiger partial charge in [0.25, 0.3) is 0 Å². The van der Waals surface area contributed by atoms with Gasteiger partial charge >= 0.3 is 38.6 Å². The van der Waals surface area contributed by atoms with E-state index in [0.717, 1.165) is 5.75 Å². The van der Waals surface area contributed by atoms with E-state index >= 15 is 0 Å². The SMILES string of the molecule is COc1cccnc1.[Cl][Hg][Cl]. The van der Waals surface area contributed by atoms with Gasteiger partial charge in [-0.2, -0.15) is 0 Å². The molecule has 5 heteroatoms. The Morgan fingerprint density at radius 3 is 2.45 bits per heavy atom. The van der Waals surface area contributed by atoms with Crippen LogP contribution in [0, 0.1) is 0 Å². The molecule has 0 aromatic carbocycles. The summed E-state index contributed by atoms with van der Waals surface area (Å²) in [6.07, 6.45) is 3.38. The Kier molecular flexibility index (Phi) is 8.92. The minimum atomic E-state index is -1.14. The van der Waals surface area contributed by atoms with Crippen molar-refractivity contribution < 1.29 is 26.8 Å². The van der Waals surface area contributed by atoms with Crippen molar-refractivity contribution in [2.45, 2.75) is 0 Å². The zero-order chi connectivity index (χ0) is 8.53. The van der Waals surface area contributed by atoms with Gasteiger partial charge in [-0.3, -0.25) is 4.98 Å². The van der Waals surface area contributed by atoms with Crippen molar-refractivity contribution in [3.05, 3.63) is 24.5 Å².